The van der Waals surface area contributed by atoms with Gasteiger partial charge in [-0.05, 0) is 24.3 Å². The molecule has 0 saturated carbocycles. The molecule has 32 heavy (non-hydrogen) atoms. The molecule has 5 nitrogen and oxygen atoms in total. The number of hydrogen-bond donors (Lipinski definition) is 0. The van der Waals surface area contributed by atoms with Crippen LogP contribution in [-0.4, -0.2) is 29.2 Å². The van der Waals surface area contributed by atoms with Crippen LogP contribution in [0.5, 0.6) is 5.75 Å². The van der Waals surface area contributed by atoms with Crippen LogP contribution in [0, 0.1) is 0 Å². The first-order valence-corrected chi connectivity index (χ1v) is 12.3. The summed E-state index contributed by atoms with van der Waals surface area (Å²) >= 11 is 0. The first-order valence-electron chi connectivity index (χ1n) is 12.3. The van der Waals surface area contributed by atoms with Gasteiger partial charge in [0.2, 0.25) is 0 Å². The highest BCUT2D eigenvalue weighted by molar-refractivity contribution is 5.70. The van der Waals surface area contributed by atoms with E-state index in [1.807, 2.05) is 24.3 Å². The van der Waals surface area contributed by atoms with Crippen molar-refractivity contribution in [1.82, 2.24) is 9.97 Å². The van der Waals surface area contributed by atoms with E-state index in [0.717, 1.165) is 30.4 Å². The quantitative estimate of drug-likeness (QED) is 0.206. The van der Waals surface area contributed by atoms with Crippen LogP contribution in [0.3, 0.4) is 0 Å². The molecule has 2 rings (SSSR count). The molecule has 1 aromatic carbocycles. The Balaban J connectivity index is 1.77. The summed E-state index contributed by atoms with van der Waals surface area (Å²) in [5.74, 6) is 1.37. The van der Waals surface area contributed by atoms with E-state index < -0.39 is 0 Å². The zero-order chi connectivity index (χ0) is 23.0. The number of hydrogen-bond acceptors (Lipinski definition) is 5. The molecule has 0 aliphatic carbocycles. The lowest BCUT2D eigenvalue weighted by atomic mass is 9.97. The minimum Gasteiger partial charge on any atom is -0.490 e. The van der Waals surface area contributed by atoms with Gasteiger partial charge in [0.15, 0.2) is 11.6 Å². The Labute approximate surface area is 194 Å². The van der Waals surface area contributed by atoms with E-state index >= 15 is 0 Å². The van der Waals surface area contributed by atoms with Crippen molar-refractivity contribution in [3.63, 3.8) is 0 Å². The molecule has 0 N–H and O–H groups in total. The van der Waals surface area contributed by atoms with Crippen molar-refractivity contribution in [1.29, 1.82) is 0 Å². The molecule has 0 fully saturated rings. The average molecular weight is 441 g/mol. The van der Waals surface area contributed by atoms with Gasteiger partial charge in [-0.25, -0.2) is 9.97 Å². The summed E-state index contributed by atoms with van der Waals surface area (Å²) < 4.78 is 11.1. The molecule has 0 saturated heterocycles. The Morgan fingerprint density at radius 1 is 0.844 bits per heavy atom. The highest BCUT2D eigenvalue weighted by Crippen LogP contribution is 2.23. The zero-order valence-corrected chi connectivity index (χ0v) is 20.1. The van der Waals surface area contributed by atoms with Crippen molar-refractivity contribution in [3.05, 3.63) is 42.2 Å². The van der Waals surface area contributed by atoms with E-state index in [1.165, 1.54) is 38.5 Å². The number of aromatic nitrogens is 2. The highest BCUT2D eigenvalue weighted by atomic mass is 16.5. The van der Waals surface area contributed by atoms with Crippen LogP contribution in [0.1, 0.15) is 96.5 Å². The third kappa shape index (κ3) is 9.80. The first kappa shape index (κ1) is 25.8. The van der Waals surface area contributed by atoms with Gasteiger partial charge in [0.25, 0.3) is 0 Å². The summed E-state index contributed by atoms with van der Waals surface area (Å²) in [6.45, 7) is 7.68. The number of rotatable bonds is 16. The number of benzene rings is 1. The maximum atomic E-state index is 12.1. The summed E-state index contributed by atoms with van der Waals surface area (Å²) in [5, 5.41) is 0. The predicted molar refractivity (Wildman–Crippen MR) is 130 cm³/mol. The topological polar surface area (TPSA) is 61.3 Å². The Morgan fingerprint density at radius 2 is 1.44 bits per heavy atom. The van der Waals surface area contributed by atoms with Gasteiger partial charge in [0.1, 0.15) is 0 Å². The fourth-order valence-corrected chi connectivity index (χ4v) is 3.54. The second kappa shape index (κ2) is 15.4. The Morgan fingerprint density at radius 3 is 2.09 bits per heavy atom. The minimum atomic E-state index is -0.123. The van der Waals surface area contributed by atoms with Crippen LogP contribution in [0.25, 0.3) is 11.4 Å². The van der Waals surface area contributed by atoms with Gasteiger partial charge in [-0.15, -0.1) is 0 Å². The number of unbranched alkanes of at least 4 members (excludes halogenated alkanes) is 7. The number of esters is 1. The van der Waals surface area contributed by atoms with Crippen molar-refractivity contribution in [2.75, 3.05) is 13.2 Å². The van der Waals surface area contributed by atoms with E-state index in [4.69, 9.17) is 9.47 Å². The fourth-order valence-electron chi connectivity index (χ4n) is 3.54. The number of carbonyl (C=O) groups excluding carboxylic acids is 1. The SMILES string of the molecule is CCCCCCCOc1cnc(-c2ccc(C(C)CC(=O)OCCCCCC)cc2)nc1. The molecular weight excluding hydrogens is 400 g/mol. The molecule has 0 bridgehead atoms. The average Bonchev–Trinajstić information content (AvgIpc) is 2.81. The molecule has 2 aromatic rings. The summed E-state index contributed by atoms with van der Waals surface area (Å²) in [4.78, 5) is 21.0. The van der Waals surface area contributed by atoms with Gasteiger partial charge in [0.05, 0.1) is 32.0 Å². The molecular formula is C27H40N2O3. The maximum Gasteiger partial charge on any atom is 0.306 e. The van der Waals surface area contributed by atoms with Crippen LogP contribution in [0.4, 0.5) is 0 Å². The van der Waals surface area contributed by atoms with Crippen molar-refractivity contribution >= 4 is 5.97 Å². The van der Waals surface area contributed by atoms with Gasteiger partial charge in [-0.1, -0.05) is 90.0 Å². The molecule has 176 valence electrons. The lowest BCUT2D eigenvalue weighted by Gasteiger charge is -2.12. The fraction of sp³-hybridized carbons (Fsp3) is 0.593. The van der Waals surface area contributed by atoms with Crippen molar-refractivity contribution < 1.29 is 14.3 Å². The van der Waals surface area contributed by atoms with Crippen LogP contribution < -0.4 is 4.74 Å². The van der Waals surface area contributed by atoms with Crippen molar-refractivity contribution in [2.24, 2.45) is 0 Å². The van der Waals surface area contributed by atoms with Gasteiger partial charge in [0, 0.05) is 5.56 Å². The third-order valence-electron chi connectivity index (χ3n) is 5.62. The predicted octanol–water partition coefficient (Wildman–Crippen LogP) is 7.11. The van der Waals surface area contributed by atoms with E-state index in [2.05, 4.69) is 30.7 Å². The first-order chi connectivity index (χ1) is 15.6. The monoisotopic (exact) mass is 440 g/mol. The van der Waals surface area contributed by atoms with Crippen molar-refractivity contribution in [3.8, 4) is 17.1 Å². The third-order valence-corrected chi connectivity index (χ3v) is 5.62. The van der Waals surface area contributed by atoms with Crippen LogP contribution in [0.2, 0.25) is 0 Å². The van der Waals surface area contributed by atoms with E-state index in [0.29, 0.717) is 31.2 Å². The summed E-state index contributed by atoms with van der Waals surface area (Å²) in [6.07, 6.45) is 14.4. The van der Waals surface area contributed by atoms with Crippen LogP contribution in [0.15, 0.2) is 36.7 Å². The van der Waals surface area contributed by atoms with Crippen molar-refractivity contribution in [2.45, 2.75) is 90.9 Å². The largest absolute Gasteiger partial charge is 0.490 e. The second-order valence-corrected chi connectivity index (χ2v) is 8.51. The standard InChI is InChI=1S/C27H40N2O3/c1-4-6-8-10-12-17-31-25-20-28-27(29-21-25)24-15-13-23(14-16-24)22(3)19-26(30)32-18-11-9-7-5-2/h13-16,20-22H,4-12,17-19H2,1-3H3. The normalized spacial score (nSPS) is 11.8. The van der Waals surface area contributed by atoms with Gasteiger partial charge < -0.3 is 9.47 Å². The number of carbonyl (C=O) groups is 1. The van der Waals surface area contributed by atoms with E-state index in [1.54, 1.807) is 12.4 Å². The highest BCUT2D eigenvalue weighted by Gasteiger charge is 2.13. The van der Waals surface area contributed by atoms with Gasteiger partial charge in [-0.2, -0.15) is 0 Å². The Hall–Kier alpha value is -2.43. The summed E-state index contributed by atoms with van der Waals surface area (Å²) in [5.41, 5.74) is 2.06. The Bertz CT molecular complexity index is 759. The second-order valence-electron chi connectivity index (χ2n) is 8.51. The van der Waals surface area contributed by atoms with Gasteiger partial charge in [-0.3, -0.25) is 4.79 Å². The smallest absolute Gasteiger partial charge is 0.306 e. The lowest BCUT2D eigenvalue weighted by molar-refractivity contribution is -0.144. The molecule has 0 radical (unpaired) electrons. The molecule has 1 unspecified atom stereocenters. The molecule has 1 atom stereocenters. The molecule has 0 aliphatic heterocycles. The zero-order valence-electron chi connectivity index (χ0n) is 20.1. The van der Waals surface area contributed by atoms with E-state index in [-0.39, 0.29) is 11.9 Å². The minimum absolute atomic E-state index is 0.112. The molecule has 1 aromatic heterocycles. The van der Waals surface area contributed by atoms with Crippen LogP contribution in [-0.2, 0) is 9.53 Å². The van der Waals surface area contributed by atoms with Gasteiger partial charge >= 0.3 is 5.97 Å². The molecule has 1 heterocycles. The molecule has 5 heteroatoms. The Kier molecular flexibility index (Phi) is 12.4. The lowest BCUT2D eigenvalue weighted by Crippen LogP contribution is -2.09. The molecule has 0 aliphatic rings. The summed E-state index contributed by atoms with van der Waals surface area (Å²) in [7, 11) is 0. The molecule has 0 amide bonds. The maximum absolute atomic E-state index is 12.1. The number of nitrogens with zero attached hydrogens (tertiary/aromatic N) is 2. The van der Waals surface area contributed by atoms with Crippen LogP contribution >= 0.6 is 0 Å². The summed E-state index contributed by atoms with van der Waals surface area (Å²) in [6, 6.07) is 8.09. The number of ether oxygens (including phenoxy) is 2. The van der Waals surface area contributed by atoms with E-state index in [9.17, 15) is 4.79 Å². The molecule has 0 spiro atoms.